The predicted octanol–water partition coefficient (Wildman–Crippen LogP) is 1.41. The summed E-state index contributed by atoms with van der Waals surface area (Å²) in [4.78, 5) is 12.5. The van der Waals surface area contributed by atoms with Crippen molar-refractivity contribution in [3.63, 3.8) is 0 Å². The molecule has 0 bridgehead atoms. The summed E-state index contributed by atoms with van der Waals surface area (Å²) in [5.41, 5.74) is 2.20. The highest BCUT2D eigenvalue weighted by atomic mass is 16.6. The zero-order valence-electron chi connectivity index (χ0n) is 16.4. The molecule has 8 nitrogen and oxygen atoms in total. The van der Waals surface area contributed by atoms with E-state index in [1.165, 1.54) is 0 Å². The van der Waals surface area contributed by atoms with Gasteiger partial charge in [-0.3, -0.25) is 4.79 Å². The number of hydrogen-bond acceptors (Lipinski definition) is 7. The van der Waals surface area contributed by atoms with E-state index in [0.717, 1.165) is 16.5 Å². The van der Waals surface area contributed by atoms with Crippen molar-refractivity contribution in [1.29, 1.82) is 0 Å². The number of amides is 1. The van der Waals surface area contributed by atoms with Gasteiger partial charge in [-0.25, -0.2) is 0 Å². The molecule has 1 aromatic heterocycles. The second-order valence-corrected chi connectivity index (χ2v) is 6.73. The molecule has 30 heavy (non-hydrogen) atoms. The highest BCUT2D eigenvalue weighted by Crippen LogP contribution is 2.22. The van der Waals surface area contributed by atoms with Crippen molar-refractivity contribution >= 4 is 24.2 Å². The number of aliphatic hydroxyl groups is 1. The molecule has 158 valence electrons. The Morgan fingerprint density at radius 1 is 1.17 bits per heavy atom. The smallest absolute Gasteiger partial charge is 0.493 e. The first-order valence-corrected chi connectivity index (χ1v) is 9.64. The topological polar surface area (TPSA) is 121 Å². The summed E-state index contributed by atoms with van der Waals surface area (Å²) in [5.74, 6) is 0.262. The third-order valence-corrected chi connectivity index (χ3v) is 4.41. The van der Waals surface area contributed by atoms with Crippen LogP contribution in [0.2, 0.25) is 0 Å². The minimum atomic E-state index is -2.03. The van der Waals surface area contributed by atoms with E-state index < -0.39 is 13.5 Å². The fourth-order valence-electron chi connectivity index (χ4n) is 3.09. The average molecular weight is 413 g/mol. The molecule has 1 amide bonds. The fourth-order valence-corrected chi connectivity index (χ4v) is 3.09. The first kappa shape index (κ1) is 21.9. The summed E-state index contributed by atoms with van der Waals surface area (Å²) >= 11 is 0. The number of rotatable bonds is 11. The molecule has 9 heteroatoms. The standard InChI is InChI=1S/C21H24BNO7/c24-9-4-10-28-17-6-3-5-15(11-17)12-20(25)23-21(30-22(26)27)13-16-14-29-19-8-2-1-7-18(16)19/h1-3,5-8,11,14,21,24,26-27H,4,9-10,12-13H2,(H,23,25)/t21-/m1/s1. The molecule has 1 atom stereocenters. The van der Waals surface area contributed by atoms with Gasteiger partial charge < -0.3 is 34.3 Å². The molecular weight excluding hydrogens is 389 g/mol. The Labute approximate surface area is 174 Å². The number of benzene rings is 2. The number of carbonyl (C=O) groups excluding carboxylic acids is 1. The zero-order valence-corrected chi connectivity index (χ0v) is 16.4. The van der Waals surface area contributed by atoms with Gasteiger partial charge in [0.15, 0.2) is 0 Å². The summed E-state index contributed by atoms with van der Waals surface area (Å²) in [7, 11) is -2.03. The summed E-state index contributed by atoms with van der Waals surface area (Å²) in [6.45, 7) is 0.432. The largest absolute Gasteiger partial charge is 0.635 e. The Balaban J connectivity index is 1.63. The number of nitrogens with one attached hydrogen (secondary N) is 1. The van der Waals surface area contributed by atoms with Crippen molar-refractivity contribution < 1.29 is 33.8 Å². The minimum Gasteiger partial charge on any atom is -0.493 e. The second kappa shape index (κ2) is 10.8. The Hall–Kier alpha value is -2.85. The number of furan rings is 1. The van der Waals surface area contributed by atoms with Crippen molar-refractivity contribution in [2.75, 3.05) is 13.2 Å². The van der Waals surface area contributed by atoms with Crippen LogP contribution in [0.3, 0.4) is 0 Å². The monoisotopic (exact) mass is 413 g/mol. The number of carbonyl (C=O) groups is 1. The third-order valence-electron chi connectivity index (χ3n) is 4.41. The van der Waals surface area contributed by atoms with Crippen molar-refractivity contribution in [3.05, 3.63) is 65.9 Å². The lowest BCUT2D eigenvalue weighted by molar-refractivity contribution is -0.123. The molecule has 1 heterocycles. The van der Waals surface area contributed by atoms with Gasteiger partial charge >= 0.3 is 7.32 Å². The van der Waals surface area contributed by atoms with Gasteiger partial charge in [-0.05, 0) is 23.8 Å². The third kappa shape index (κ3) is 6.33. The van der Waals surface area contributed by atoms with E-state index in [-0.39, 0.29) is 25.4 Å². The second-order valence-electron chi connectivity index (χ2n) is 6.73. The van der Waals surface area contributed by atoms with Gasteiger partial charge in [0.2, 0.25) is 5.91 Å². The minimum absolute atomic E-state index is 0.0478. The van der Waals surface area contributed by atoms with Crippen LogP contribution in [0, 0.1) is 0 Å². The SMILES string of the molecule is O=C(Cc1cccc(OCCCO)c1)N[C@@H](Cc1coc2ccccc12)OB(O)O. The van der Waals surface area contributed by atoms with Crippen LogP contribution in [0.15, 0.2) is 59.2 Å². The van der Waals surface area contributed by atoms with Gasteiger partial charge in [-0.15, -0.1) is 0 Å². The maximum Gasteiger partial charge on any atom is 0.635 e. The van der Waals surface area contributed by atoms with Crippen molar-refractivity contribution in [2.45, 2.75) is 25.5 Å². The van der Waals surface area contributed by atoms with Gasteiger partial charge in [0, 0.05) is 30.4 Å². The molecule has 0 radical (unpaired) electrons. The van der Waals surface area contributed by atoms with Gasteiger partial charge in [0.25, 0.3) is 0 Å². The van der Waals surface area contributed by atoms with Crippen LogP contribution in [0.5, 0.6) is 5.75 Å². The highest BCUT2D eigenvalue weighted by Gasteiger charge is 2.22. The number of para-hydroxylation sites is 1. The van der Waals surface area contributed by atoms with E-state index in [2.05, 4.69) is 5.32 Å². The Morgan fingerprint density at radius 2 is 2.00 bits per heavy atom. The normalized spacial score (nSPS) is 12.0. The molecule has 0 saturated carbocycles. The molecule has 0 fully saturated rings. The summed E-state index contributed by atoms with van der Waals surface area (Å²) < 4.78 is 16.1. The molecular formula is C21H24BNO7. The quantitative estimate of drug-likeness (QED) is 0.213. The van der Waals surface area contributed by atoms with Gasteiger partial charge in [0.1, 0.15) is 17.6 Å². The molecule has 4 N–H and O–H groups in total. The maximum absolute atomic E-state index is 12.5. The van der Waals surface area contributed by atoms with E-state index in [1.54, 1.807) is 30.5 Å². The van der Waals surface area contributed by atoms with E-state index in [4.69, 9.17) is 18.9 Å². The van der Waals surface area contributed by atoms with Crippen LogP contribution in [-0.4, -0.2) is 47.8 Å². The van der Waals surface area contributed by atoms with Crippen LogP contribution in [0.4, 0.5) is 0 Å². The lowest BCUT2D eigenvalue weighted by Crippen LogP contribution is -2.43. The van der Waals surface area contributed by atoms with Crippen LogP contribution in [-0.2, 0) is 22.3 Å². The van der Waals surface area contributed by atoms with Crippen LogP contribution in [0.25, 0.3) is 11.0 Å². The van der Waals surface area contributed by atoms with Gasteiger partial charge in [0.05, 0.1) is 19.3 Å². The molecule has 2 aromatic carbocycles. The molecule has 0 unspecified atom stereocenters. The van der Waals surface area contributed by atoms with E-state index in [1.807, 2.05) is 24.3 Å². The zero-order chi connectivity index (χ0) is 21.3. The fraction of sp³-hybridized carbons (Fsp3) is 0.286. The van der Waals surface area contributed by atoms with Gasteiger partial charge in [-0.2, -0.15) is 0 Å². The number of aliphatic hydroxyl groups excluding tert-OH is 1. The number of fused-ring (bicyclic) bond motifs is 1. The van der Waals surface area contributed by atoms with E-state index in [9.17, 15) is 14.8 Å². The molecule has 0 spiro atoms. The summed E-state index contributed by atoms with van der Waals surface area (Å²) in [6.07, 6.45) is 1.39. The number of hydrogen-bond donors (Lipinski definition) is 4. The van der Waals surface area contributed by atoms with Crippen molar-refractivity contribution in [3.8, 4) is 5.75 Å². The summed E-state index contributed by atoms with van der Waals surface area (Å²) in [5, 5.41) is 30.8. The maximum atomic E-state index is 12.5. The Morgan fingerprint density at radius 3 is 2.80 bits per heavy atom. The molecule has 0 aliphatic rings. The molecule has 0 aliphatic carbocycles. The predicted molar refractivity (Wildman–Crippen MR) is 110 cm³/mol. The van der Waals surface area contributed by atoms with Crippen molar-refractivity contribution in [1.82, 2.24) is 5.32 Å². The molecule has 0 saturated heterocycles. The van der Waals surface area contributed by atoms with Crippen LogP contribution in [0.1, 0.15) is 17.5 Å². The first-order chi connectivity index (χ1) is 14.5. The highest BCUT2D eigenvalue weighted by molar-refractivity contribution is 6.32. The molecule has 3 aromatic rings. The first-order valence-electron chi connectivity index (χ1n) is 9.64. The Kier molecular flexibility index (Phi) is 7.86. The van der Waals surface area contributed by atoms with E-state index >= 15 is 0 Å². The van der Waals surface area contributed by atoms with E-state index in [0.29, 0.717) is 24.4 Å². The van der Waals surface area contributed by atoms with Gasteiger partial charge in [-0.1, -0.05) is 30.3 Å². The molecule has 0 aliphatic heterocycles. The average Bonchev–Trinajstić information content (AvgIpc) is 3.11. The van der Waals surface area contributed by atoms with Crippen LogP contribution < -0.4 is 10.1 Å². The molecule has 3 rings (SSSR count). The number of ether oxygens (including phenoxy) is 1. The van der Waals surface area contributed by atoms with Crippen molar-refractivity contribution in [2.24, 2.45) is 0 Å². The summed E-state index contributed by atoms with van der Waals surface area (Å²) in [6, 6.07) is 14.5. The Bertz CT molecular complexity index is 959. The lowest BCUT2D eigenvalue weighted by atomic mass is 10.1. The van der Waals surface area contributed by atoms with Crippen LogP contribution >= 0.6 is 0 Å². The lowest BCUT2D eigenvalue weighted by Gasteiger charge is -2.19.